The third kappa shape index (κ3) is 3.09. The van der Waals surface area contributed by atoms with Gasteiger partial charge in [-0.15, -0.1) is 0 Å². The van der Waals surface area contributed by atoms with Crippen LogP contribution in [0.2, 0.25) is 0 Å². The maximum Gasteiger partial charge on any atom is 0.280 e. The third-order valence-corrected chi connectivity index (χ3v) is 4.95. The summed E-state index contributed by atoms with van der Waals surface area (Å²) in [5.41, 5.74) is 4.28. The number of benzene rings is 2. The van der Waals surface area contributed by atoms with Crippen LogP contribution in [0.3, 0.4) is 0 Å². The van der Waals surface area contributed by atoms with E-state index in [1.807, 2.05) is 19.1 Å². The normalized spacial score (nSPS) is 13.4. The molecule has 1 heterocycles. The largest absolute Gasteiger partial charge is 0.493 e. The highest BCUT2D eigenvalue weighted by molar-refractivity contribution is 6.01. The number of aromatic nitrogens is 2. The lowest BCUT2D eigenvalue weighted by Gasteiger charge is -2.16. The van der Waals surface area contributed by atoms with Crippen LogP contribution in [-0.4, -0.2) is 29.8 Å². The maximum absolute atomic E-state index is 13.2. The summed E-state index contributed by atoms with van der Waals surface area (Å²) < 4.78 is 11.9. The van der Waals surface area contributed by atoms with Gasteiger partial charge in [0.25, 0.3) is 11.5 Å². The van der Waals surface area contributed by atoms with Crippen LogP contribution >= 0.6 is 0 Å². The molecule has 28 heavy (non-hydrogen) atoms. The Morgan fingerprint density at radius 2 is 1.82 bits per heavy atom. The molecular weight excluding hydrogens is 358 g/mol. The van der Waals surface area contributed by atoms with E-state index in [0.29, 0.717) is 33.8 Å². The van der Waals surface area contributed by atoms with Gasteiger partial charge in [0.05, 0.1) is 25.1 Å². The number of rotatable bonds is 5. The van der Waals surface area contributed by atoms with E-state index < -0.39 is 0 Å². The molecule has 1 saturated carbocycles. The zero-order valence-electron chi connectivity index (χ0n) is 16.0. The molecule has 0 spiro atoms. The van der Waals surface area contributed by atoms with Crippen LogP contribution in [0.4, 0.5) is 0 Å². The van der Waals surface area contributed by atoms with Crippen LogP contribution in [0.5, 0.6) is 11.5 Å². The number of fused-ring (bicyclic) bond motifs is 1. The van der Waals surface area contributed by atoms with Crippen molar-refractivity contribution in [1.29, 1.82) is 0 Å². The van der Waals surface area contributed by atoms with Crippen LogP contribution in [-0.2, 0) is 0 Å². The van der Waals surface area contributed by atoms with Crippen molar-refractivity contribution in [2.75, 3.05) is 19.6 Å². The van der Waals surface area contributed by atoms with Crippen molar-refractivity contribution in [3.63, 3.8) is 0 Å². The number of hydrogen-bond donors (Lipinski definition) is 1. The molecule has 1 amide bonds. The zero-order valence-corrected chi connectivity index (χ0v) is 16.0. The number of nitrogens with zero attached hydrogens (tertiary/aromatic N) is 2. The van der Waals surface area contributed by atoms with Gasteiger partial charge in [-0.05, 0) is 37.5 Å². The summed E-state index contributed by atoms with van der Waals surface area (Å²) in [5.74, 6) is 1.31. The van der Waals surface area contributed by atoms with Gasteiger partial charge in [0.2, 0.25) is 0 Å². The predicted molar refractivity (Wildman–Crippen MR) is 106 cm³/mol. The van der Waals surface area contributed by atoms with Crippen molar-refractivity contribution >= 4 is 16.8 Å². The van der Waals surface area contributed by atoms with Gasteiger partial charge in [-0.1, -0.05) is 18.2 Å². The van der Waals surface area contributed by atoms with Gasteiger partial charge >= 0.3 is 0 Å². The second-order valence-electron chi connectivity index (χ2n) is 6.87. The third-order valence-electron chi connectivity index (χ3n) is 4.95. The molecule has 3 aromatic rings. The lowest BCUT2D eigenvalue weighted by atomic mass is 10.1. The molecule has 0 radical (unpaired) electrons. The molecule has 0 unspecified atom stereocenters. The van der Waals surface area contributed by atoms with Crippen LogP contribution in [0.25, 0.3) is 10.9 Å². The molecule has 1 aromatic heterocycles. The van der Waals surface area contributed by atoms with E-state index in [1.54, 1.807) is 24.3 Å². The van der Waals surface area contributed by atoms with Gasteiger partial charge in [0.1, 0.15) is 5.82 Å². The average molecular weight is 379 g/mol. The van der Waals surface area contributed by atoms with E-state index in [-0.39, 0.29) is 17.4 Å². The van der Waals surface area contributed by atoms with Crippen LogP contribution in [0, 0.1) is 6.92 Å². The fourth-order valence-electron chi connectivity index (χ4n) is 3.24. The van der Waals surface area contributed by atoms with E-state index >= 15 is 0 Å². The van der Waals surface area contributed by atoms with E-state index in [9.17, 15) is 9.59 Å². The Bertz CT molecular complexity index is 1130. The summed E-state index contributed by atoms with van der Waals surface area (Å²) in [4.78, 5) is 30.7. The molecule has 2 aromatic carbocycles. The minimum Gasteiger partial charge on any atom is -0.493 e. The van der Waals surface area contributed by atoms with Gasteiger partial charge in [-0.3, -0.25) is 15.0 Å². The first-order valence-corrected chi connectivity index (χ1v) is 9.09. The highest BCUT2D eigenvalue weighted by atomic mass is 16.5. The predicted octanol–water partition coefficient (Wildman–Crippen LogP) is 2.98. The quantitative estimate of drug-likeness (QED) is 0.737. The SMILES string of the molecule is COc1cc2nc(C3CC3)n(NC(=O)c3ccccc3C)c(=O)c2cc1OC. The smallest absolute Gasteiger partial charge is 0.280 e. The minimum absolute atomic E-state index is 0.155. The topological polar surface area (TPSA) is 82.5 Å². The number of amides is 1. The summed E-state index contributed by atoms with van der Waals surface area (Å²) in [6.45, 7) is 1.86. The van der Waals surface area contributed by atoms with Crippen molar-refractivity contribution in [2.24, 2.45) is 0 Å². The van der Waals surface area contributed by atoms with Crippen molar-refractivity contribution in [2.45, 2.75) is 25.7 Å². The van der Waals surface area contributed by atoms with Crippen LogP contribution in [0.15, 0.2) is 41.2 Å². The van der Waals surface area contributed by atoms with Crippen LogP contribution < -0.4 is 20.5 Å². The first kappa shape index (κ1) is 18.0. The summed E-state index contributed by atoms with van der Waals surface area (Å²) in [6.07, 6.45) is 1.87. The summed E-state index contributed by atoms with van der Waals surface area (Å²) in [6, 6.07) is 10.5. The van der Waals surface area contributed by atoms with E-state index in [1.165, 1.54) is 18.9 Å². The summed E-state index contributed by atoms with van der Waals surface area (Å²) in [7, 11) is 3.04. The van der Waals surface area contributed by atoms with Gasteiger partial charge in [0, 0.05) is 17.5 Å². The van der Waals surface area contributed by atoms with E-state index in [2.05, 4.69) is 10.4 Å². The molecule has 7 nitrogen and oxygen atoms in total. The van der Waals surface area contributed by atoms with Crippen molar-refractivity contribution in [3.05, 3.63) is 63.7 Å². The molecule has 1 aliphatic carbocycles. The lowest BCUT2D eigenvalue weighted by Crippen LogP contribution is -2.36. The molecule has 7 heteroatoms. The van der Waals surface area contributed by atoms with Gasteiger partial charge < -0.3 is 9.47 Å². The van der Waals surface area contributed by atoms with Gasteiger partial charge in [0.15, 0.2) is 11.5 Å². The van der Waals surface area contributed by atoms with Crippen molar-refractivity contribution < 1.29 is 14.3 Å². The number of ether oxygens (including phenoxy) is 2. The monoisotopic (exact) mass is 379 g/mol. The molecule has 1 aliphatic rings. The minimum atomic E-state index is -0.344. The van der Waals surface area contributed by atoms with Crippen molar-refractivity contribution in [3.8, 4) is 11.5 Å². The second-order valence-corrected chi connectivity index (χ2v) is 6.87. The highest BCUT2D eigenvalue weighted by Crippen LogP contribution is 2.39. The van der Waals surface area contributed by atoms with E-state index in [4.69, 9.17) is 9.47 Å². The molecule has 0 aliphatic heterocycles. The van der Waals surface area contributed by atoms with Gasteiger partial charge in [-0.2, -0.15) is 0 Å². The molecule has 0 saturated heterocycles. The Hall–Kier alpha value is -3.35. The number of carbonyl (C=O) groups is 1. The first-order chi connectivity index (χ1) is 13.5. The molecule has 0 atom stereocenters. The highest BCUT2D eigenvalue weighted by Gasteiger charge is 2.30. The standard InChI is InChI=1S/C21H21N3O4/c1-12-6-4-5-7-14(12)20(25)23-24-19(13-8-9-13)22-16-11-18(28-3)17(27-2)10-15(16)21(24)26/h4-7,10-11,13H,8-9H2,1-3H3,(H,23,25). The second kappa shape index (κ2) is 6.99. The van der Waals surface area contributed by atoms with Gasteiger partial charge in [-0.25, -0.2) is 9.66 Å². The molecule has 1 fully saturated rings. The number of carbonyl (C=O) groups excluding carboxylic acids is 1. The Morgan fingerprint density at radius 3 is 2.46 bits per heavy atom. The molecule has 1 N–H and O–H groups in total. The average Bonchev–Trinajstić information content (AvgIpc) is 3.54. The molecular formula is C21H21N3O4. The summed E-state index contributed by atoms with van der Waals surface area (Å²) >= 11 is 0. The molecule has 144 valence electrons. The molecule has 0 bridgehead atoms. The van der Waals surface area contributed by atoms with Crippen LogP contribution in [0.1, 0.15) is 40.5 Å². The number of nitrogens with one attached hydrogen (secondary N) is 1. The molecule has 4 rings (SSSR count). The fraction of sp³-hybridized carbons (Fsp3) is 0.286. The fourth-order valence-corrected chi connectivity index (χ4v) is 3.24. The number of aryl methyl sites for hydroxylation is 1. The Morgan fingerprint density at radius 1 is 1.14 bits per heavy atom. The zero-order chi connectivity index (χ0) is 19.8. The van der Waals surface area contributed by atoms with Crippen molar-refractivity contribution in [1.82, 2.24) is 9.66 Å². The van der Waals surface area contributed by atoms with E-state index in [0.717, 1.165) is 18.4 Å². The first-order valence-electron chi connectivity index (χ1n) is 9.09. The summed E-state index contributed by atoms with van der Waals surface area (Å²) in [5, 5.41) is 0.354. The Labute approximate surface area is 161 Å². The number of methoxy groups -OCH3 is 2. The number of hydrogen-bond acceptors (Lipinski definition) is 5. The lowest BCUT2D eigenvalue weighted by molar-refractivity contribution is 0.101. The maximum atomic E-state index is 13.2. The Balaban J connectivity index is 1.86. The Kier molecular flexibility index (Phi) is 4.50.